The van der Waals surface area contributed by atoms with E-state index >= 15 is 0 Å². The molecule has 0 unspecified atom stereocenters. The molecule has 2 rings (SSSR count). The smallest absolute Gasteiger partial charge is 0.133 e. The minimum atomic E-state index is 0.698. The molecule has 0 aliphatic heterocycles. The molecular formula is C15H18N2S. The number of benzene rings is 1. The zero-order valence-electron chi connectivity index (χ0n) is 11.3. The summed E-state index contributed by atoms with van der Waals surface area (Å²) in [4.78, 5) is 7.42. The molecule has 1 aromatic heterocycles. The predicted molar refractivity (Wildman–Crippen MR) is 78.4 cm³/mol. The summed E-state index contributed by atoms with van der Waals surface area (Å²) in [6.07, 6.45) is 2.58. The van der Waals surface area contributed by atoms with Crippen LogP contribution in [0.5, 0.6) is 0 Å². The van der Waals surface area contributed by atoms with Crippen LogP contribution in [0.15, 0.2) is 18.5 Å². The number of aromatic amines is 1. The van der Waals surface area contributed by atoms with Crippen molar-refractivity contribution in [2.75, 3.05) is 0 Å². The molecule has 0 spiro atoms. The Morgan fingerprint density at radius 3 is 2.44 bits per heavy atom. The van der Waals surface area contributed by atoms with Crippen molar-refractivity contribution in [3.8, 4) is 11.3 Å². The third-order valence-electron chi connectivity index (χ3n) is 3.41. The Hall–Kier alpha value is -1.48. The third-order valence-corrected chi connectivity index (χ3v) is 3.77. The highest BCUT2D eigenvalue weighted by Crippen LogP contribution is 2.27. The van der Waals surface area contributed by atoms with Gasteiger partial charge in [-0.15, -0.1) is 0 Å². The fourth-order valence-electron chi connectivity index (χ4n) is 2.23. The van der Waals surface area contributed by atoms with E-state index in [-0.39, 0.29) is 0 Å². The molecule has 0 radical (unpaired) electrons. The molecule has 1 heterocycles. The van der Waals surface area contributed by atoms with E-state index in [9.17, 15) is 0 Å². The second-order valence-corrected chi connectivity index (χ2v) is 5.05. The summed E-state index contributed by atoms with van der Waals surface area (Å²) >= 11 is 5.31. The normalized spacial score (nSPS) is 10.7. The monoisotopic (exact) mass is 258 g/mol. The lowest BCUT2D eigenvalue weighted by molar-refractivity contribution is 1.03. The minimum absolute atomic E-state index is 0.698. The van der Waals surface area contributed by atoms with E-state index in [1.54, 1.807) is 6.33 Å². The second-order valence-electron chi connectivity index (χ2n) is 4.67. The molecule has 0 saturated carbocycles. The lowest BCUT2D eigenvalue weighted by Crippen LogP contribution is -1.98. The van der Waals surface area contributed by atoms with Gasteiger partial charge in [0.1, 0.15) is 4.64 Å². The van der Waals surface area contributed by atoms with Crippen molar-refractivity contribution < 1.29 is 0 Å². The van der Waals surface area contributed by atoms with Crippen molar-refractivity contribution in [3.63, 3.8) is 0 Å². The van der Waals surface area contributed by atoms with Crippen LogP contribution in [0.1, 0.15) is 29.2 Å². The summed E-state index contributed by atoms with van der Waals surface area (Å²) < 4.78 is 0.698. The molecule has 0 fully saturated rings. The van der Waals surface area contributed by atoms with Crippen molar-refractivity contribution in [2.45, 2.75) is 34.1 Å². The SMILES string of the molecule is CCc1c(-c2cc(C)c(C)cc2C)[nH]cnc1=S. The van der Waals surface area contributed by atoms with E-state index in [0.29, 0.717) is 4.64 Å². The van der Waals surface area contributed by atoms with Crippen LogP contribution in [0.25, 0.3) is 11.3 Å². The molecule has 0 amide bonds. The first-order valence-electron chi connectivity index (χ1n) is 6.19. The number of H-pyrrole nitrogens is 1. The summed E-state index contributed by atoms with van der Waals surface area (Å²) in [5.74, 6) is 0. The molecule has 2 aromatic rings. The van der Waals surface area contributed by atoms with Gasteiger partial charge in [-0.25, -0.2) is 4.98 Å². The molecular weight excluding hydrogens is 240 g/mol. The molecule has 18 heavy (non-hydrogen) atoms. The topological polar surface area (TPSA) is 28.7 Å². The fourth-order valence-corrected chi connectivity index (χ4v) is 2.52. The predicted octanol–water partition coefficient (Wildman–Crippen LogP) is 4.29. The van der Waals surface area contributed by atoms with E-state index in [0.717, 1.165) is 17.7 Å². The Labute approximate surface area is 113 Å². The second kappa shape index (κ2) is 5.02. The van der Waals surface area contributed by atoms with Crippen LogP contribution in [0.4, 0.5) is 0 Å². The first-order valence-corrected chi connectivity index (χ1v) is 6.60. The van der Waals surface area contributed by atoms with E-state index in [1.807, 2.05) is 0 Å². The maximum Gasteiger partial charge on any atom is 0.133 e. The molecule has 3 heteroatoms. The molecule has 0 atom stereocenters. The van der Waals surface area contributed by atoms with Crippen LogP contribution < -0.4 is 0 Å². The quantitative estimate of drug-likeness (QED) is 0.814. The fraction of sp³-hybridized carbons (Fsp3) is 0.333. The van der Waals surface area contributed by atoms with Gasteiger partial charge < -0.3 is 4.98 Å². The van der Waals surface area contributed by atoms with Gasteiger partial charge in [0, 0.05) is 11.1 Å². The summed E-state index contributed by atoms with van der Waals surface area (Å²) in [5, 5.41) is 0. The lowest BCUT2D eigenvalue weighted by Gasteiger charge is -2.13. The van der Waals surface area contributed by atoms with Crippen molar-refractivity contribution in [2.24, 2.45) is 0 Å². The van der Waals surface area contributed by atoms with Gasteiger partial charge in [-0.3, -0.25) is 0 Å². The lowest BCUT2D eigenvalue weighted by atomic mass is 9.96. The summed E-state index contributed by atoms with van der Waals surface area (Å²) in [7, 11) is 0. The van der Waals surface area contributed by atoms with Gasteiger partial charge in [0.2, 0.25) is 0 Å². The van der Waals surface area contributed by atoms with E-state index in [1.165, 1.54) is 22.3 Å². The van der Waals surface area contributed by atoms with Crippen LogP contribution >= 0.6 is 12.2 Å². The average Bonchev–Trinajstić information content (AvgIpc) is 2.33. The van der Waals surface area contributed by atoms with Gasteiger partial charge in [-0.1, -0.05) is 25.2 Å². The largest absolute Gasteiger partial charge is 0.346 e. The highest BCUT2D eigenvalue weighted by molar-refractivity contribution is 7.71. The number of nitrogens with one attached hydrogen (secondary N) is 1. The highest BCUT2D eigenvalue weighted by atomic mass is 32.1. The van der Waals surface area contributed by atoms with Crippen LogP contribution in [-0.4, -0.2) is 9.97 Å². The number of aromatic nitrogens is 2. The Morgan fingerprint density at radius 2 is 1.78 bits per heavy atom. The van der Waals surface area contributed by atoms with Gasteiger partial charge in [0.15, 0.2) is 0 Å². The standard InChI is InChI=1S/C15H18N2S/c1-5-12-14(16-8-17-15(12)18)13-7-10(3)9(2)6-11(13)4/h6-8H,5H2,1-4H3,(H,16,17,18). The third kappa shape index (κ3) is 2.23. The van der Waals surface area contributed by atoms with Crippen LogP contribution in [0, 0.1) is 25.4 Å². The number of rotatable bonds is 2. The molecule has 2 nitrogen and oxygen atoms in total. The molecule has 0 aliphatic rings. The van der Waals surface area contributed by atoms with Crippen molar-refractivity contribution in [1.82, 2.24) is 9.97 Å². The van der Waals surface area contributed by atoms with Crippen molar-refractivity contribution in [3.05, 3.63) is 45.4 Å². The summed E-state index contributed by atoms with van der Waals surface area (Å²) in [5.41, 5.74) is 7.35. The highest BCUT2D eigenvalue weighted by Gasteiger charge is 2.10. The average molecular weight is 258 g/mol. The van der Waals surface area contributed by atoms with E-state index < -0.39 is 0 Å². The van der Waals surface area contributed by atoms with Crippen LogP contribution in [-0.2, 0) is 6.42 Å². The minimum Gasteiger partial charge on any atom is -0.346 e. The zero-order valence-corrected chi connectivity index (χ0v) is 12.1. The van der Waals surface area contributed by atoms with Gasteiger partial charge in [0.05, 0.1) is 12.0 Å². The van der Waals surface area contributed by atoms with E-state index in [4.69, 9.17) is 12.2 Å². The van der Waals surface area contributed by atoms with Gasteiger partial charge in [0.25, 0.3) is 0 Å². The zero-order chi connectivity index (χ0) is 13.3. The molecule has 1 N–H and O–H groups in total. The molecule has 0 saturated heterocycles. The molecule has 1 aromatic carbocycles. The maximum atomic E-state index is 5.31. The summed E-state index contributed by atoms with van der Waals surface area (Å²) in [6.45, 7) is 8.53. The van der Waals surface area contributed by atoms with Crippen LogP contribution in [0.3, 0.4) is 0 Å². The number of hydrogen-bond acceptors (Lipinski definition) is 2. The number of nitrogens with zero attached hydrogens (tertiary/aromatic N) is 1. The molecule has 0 bridgehead atoms. The number of hydrogen-bond donors (Lipinski definition) is 1. The first-order chi connectivity index (χ1) is 8.54. The maximum absolute atomic E-state index is 5.31. The van der Waals surface area contributed by atoms with E-state index in [2.05, 4.69) is 49.8 Å². The molecule has 94 valence electrons. The number of aryl methyl sites for hydroxylation is 3. The Morgan fingerprint density at radius 1 is 1.11 bits per heavy atom. The van der Waals surface area contributed by atoms with Crippen LogP contribution in [0.2, 0.25) is 0 Å². The van der Waals surface area contributed by atoms with Gasteiger partial charge >= 0.3 is 0 Å². The first kappa shape index (κ1) is 13.0. The van der Waals surface area contributed by atoms with Gasteiger partial charge in [-0.2, -0.15) is 0 Å². The Bertz CT molecular complexity index is 641. The van der Waals surface area contributed by atoms with Gasteiger partial charge in [-0.05, 0) is 49.9 Å². The van der Waals surface area contributed by atoms with Crippen molar-refractivity contribution >= 4 is 12.2 Å². The van der Waals surface area contributed by atoms with Crippen molar-refractivity contribution in [1.29, 1.82) is 0 Å². The Kier molecular flexibility index (Phi) is 3.62. The molecule has 0 aliphatic carbocycles. The Balaban J connectivity index is 2.73. The summed E-state index contributed by atoms with van der Waals surface area (Å²) in [6, 6.07) is 4.45.